The zero-order valence-corrected chi connectivity index (χ0v) is 21.9. The number of nitrogens with zero attached hydrogens (tertiary/aromatic N) is 4. The van der Waals surface area contributed by atoms with Crippen LogP contribution >= 0.6 is 0 Å². The lowest BCUT2D eigenvalue weighted by molar-refractivity contribution is -0.111. The summed E-state index contributed by atoms with van der Waals surface area (Å²) in [5.74, 6) is -0.403. The van der Waals surface area contributed by atoms with Gasteiger partial charge in [0.15, 0.2) is 5.82 Å². The van der Waals surface area contributed by atoms with Gasteiger partial charge in [-0.1, -0.05) is 12.6 Å². The third kappa shape index (κ3) is 6.41. The summed E-state index contributed by atoms with van der Waals surface area (Å²) >= 11 is 0. The third-order valence-electron chi connectivity index (χ3n) is 6.17. The predicted octanol–water partition coefficient (Wildman–Crippen LogP) is 4.60. The molecule has 12 heteroatoms. The van der Waals surface area contributed by atoms with Crippen LogP contribution in [-0.4, -0.2) is 56.9 Å². The molecule has 1 atom stereocenters. The van der Waals surface area contributed by atoms with Crippen LogP contribution in [0.1, 0.15) is 18.0 Å². The Bertz CT molecular complexity index is 1340. The number of hydrogen-bond acceptors (Lipinski definition) is 9. The van der Waals surface area contributed by atoms with Gasteiger partial charge in [0.2, 0.25) is 5.91 Å². The molecule has 2 aromatic carbocycles. The van der Waals surface area contributed by atoms with Gasteiger partial charge < -0.3 is 25.0 Å². The minimum absolute atomic E-state index is 0.305. The molecule has 1 fully saturated rings. The van der Waals surface area contributed by atoms with Crippen LogP contribution in [0, 0.1) is 11.6 Å². The second-order valence-corrected chi connectivity index (χ2v) is 8.69. The van der Waals surface area contributed by atoms with Crippen molar-refractivity contribution in [3.8, 4) is 5.75 Å². The molecule has 0 aliphatic carbocycles. The molecule has 10 nitrogen and oxygen atoms in total. The zero-order chi connectivity index (χ0) is 27.9. The van der Waals surface area contributed by atoms with Gasteiger partial charge in [-0.2, -0.15) is 0 Å². The first-order chi connectivity index (χ1) is 18.8. The number of methoxy groups -OCH3 is 2. The molecule has 39 heavy (non-hydrogen) atoms. The summed E-state index contributed by atoms with van der Waals surface area (Å²) in [6.07, 6.45) is 3.02. The van der Waals surface area contributed by atoms with Crippen LogP contribution in [0.4, 0.5) is 37.5 Å². The molecular formula is C27H30F2N6O4. The van der Waals surface area contributed by atoms with Crippen molar-refractivity contribution in [1.29, 1.82) is 0 Å². The molecule has 0 spiro atoms. The molecule has 0 radical (unpaired) electrons. The first kappa shape index (κ1) is 27.7. The Hall–Kier alpha value is -4.29. The van der Waals surface area contributed by atoms with Crippen LogP contribution in [0.25, 0.3) is 0 Å². The van der Waals surface area contributed by atoms with Crippen LogP contribution in [0.15, 0.2) is 55.4 Å². The molecule has 0 bridgehead atoms. The number of ether oxygens (including phenoxy) is 2. The minimum Gasteiger partial charge on any atom is -0.494 e. The van der Waals surface area contributed by atoms with Crippen molar-refractivity contribution in [2.24, 2.45) is 0 Å². The third-order valence-corrected chi connectivity index (χ3v) is 6.17. The van der Waals surface area contributed by atoms with Gasteiger partial charge in [0.1, 0.15) is 29.5 Å². The van der Waals surface area contributed by atoms with Gasteiger partial charge in [0.05, 0.1) is 43.4 Å². The maximum absolute atomic E-state index is 14.5. The molecule has 1 saturated heterocycles. The molecule has 1 aromatic heterocycles. The lowest BCUT2D eigenvalue weighted by Crippen LogP contribution is -2.24. The van der Waals surface area contributed by atoms with E-state index in [0.717, 1.165) is 6.07 Å². The van der Waals surface area contributed by atoms with Crippen molar-refractivity contribution in [2.75, 3.05) is 61.6 Å². The van der Waals surface area contributed by atoms with E-state index in [9.17, 15) is 13.6 Å². The topological polar surface area (TPSA) is 101 Å². The normalized spacial score (nSPS) is 14.7. The van der Waals surface area contributed by atoms with Gasteiger partial charge >= 0.3 is 0 Å². The van der Waals surface area contributed by atoms with E-state index in [4.69, 9.17) is 14.3 Å². The molecule has 4 rings (SSSR count). The van der Waals surface area contributed by atoms with Crippen LogP contribution in [0.2, 0.25) is 0 Å². The molecule has 2 N–H and O–H groups in total. The van der Waals surface area contributed by atoms with E-state index in [0.29, 0.717) is 66.2 Å². The maximum atomic E-state index is 14.5. The fraction of sp³-hybridized carbons (Fsp3) is 0.296. The predicted molar refractivity (Wildman–Crippen MR) is 144 cm³/mol. The molecule has 0 unspecified atom stereocenters. The maximum Gasteiger partial charge on any atom is 0.247 e. The summed E-state index contributed by atoms with van der Waals surface area (Å²) in [4.78, 5) is 28.4. The quantitative estimate of drug-likeness (QED) is 0.338. The highest BCUT2D eigenvalue weighted by Crippen LogP contribution is 2.39. The van der Waals surface area contributed by atoms with E-state index < -0.39 is 17.7 Å². The summed E-state index contributed by atoms with van der Waals surface area (Å²) in [5.41, 5.74) is 2.06. The number of halogens is 2. The summed E-state index contributed by atoms with van der Waals surface area (Å²) < 4.78 is 38.8. The number of likely N-dealkylation sites (N-methyl/N-ethyl adjacent to an activating group) is 1. The van der Waals surface area contributed by atoms with Crippen molar-refractivity contribution in [2.45, 2.75) is 12.5 Å². The molecule has 0 saturated carbocycles. The van der Waals surface area contributed by atoms with E-state index in [1.165, 1.54) is 36.7 Å². The van der Waals surface area contributed by atoms with E-state index in [1.807, 2.05) is 11.9 Å². The molecular weight excluding hydrogens is 510 g/mol. The lowest BCUT2D eigenvalue weighted by atomic mass is 10.0. The summed E-state index contributed by atoms with van der Waals surface area (Å²) in [6, 6.07) is 8.13. The summed E-state index contributed by atoms with van der Waals surface area (Å²) in [5, 5.41) is 7.52. The highest BCUT2D eigenvalue weighted by molar-refractivity contribution is 6.02. The number of carbonyl (C=O) groups is 1. The zero-order valence-electron chi connectivity index (χ0n) is 21.9. The first-order valence-corrected chi connectivity index (χ1v) is 12.2. The number of hydroxylamine groups is 1. The monoisotopic (exact) mass is 540 g/mol. The number of amides is 1. The van der Waals surface area contributed by atoms with Crippen molar-refractivity contribution in [1.82, 2.24) is 9.97 Å². The van der Waals surface area contributed by atoms with Gasteiger partial charge in [-0.15, -0.1) is 0 Å². The molecule has 1 aliphatic heterocycles. The van der Waals surface area contributed by atoms with Gasteiger partial charge in [-0.25, -0.2) is 23.8 Å². The second kappa shape index (κ2) is 12.5. The van der Waals surface area contributed by atoms with Crippen molar-refractivity contribution in [3.05, 3.63) is 72.6 Å². The number of carbonyl (C=O) groups excluding carboxylic acids is 1. The van der Waals surface area contributed by atoms with E-state index >= 15 is 0 Å². The Kier molecular flexibility index (Phi) is 8.89. The molecule has 3 aromatic rings. The largest absolute Gasteiger partial charge is 0.494 e. The van der Waals surface area contributed by atoms with Gasteiger partial charge in [-0.3, -0.25) is 9.63 Å². The Morgan fingerprint density at radius 2 is 2.05 bits per heavy atom. The number of aromatic nitrogens is 2. The fourth-order valence-electron chi connectivity index (χ4n) is 4.21. The van der Waals surface area contributed by atoms with Crippen molar-refractivity contribution in [3.63, 3.8) is 0 Å². The smallest absolute Gasteiger partial charge is 0.247 e. The molecule has 206 valence electrons. The van der Waals surface area contributed by atoms with Crippen LogP contribution in [0.3, 0.4) is 0 Å². The Labute approximate surface area is 225 Å². The standard InChI is InChI=1S/C27H30F2N6O4/c1-5-27(36)33-20-13-21(24(38-4)14-23(20)34(2)9-11-37-3)32-25-15-26(31-16-30-25)35-22(8-10-39-35)18-7-6-17(28)12-19(18)29/h5-7,12-16,22H,1,8-11H2,2-4H3,(H,33,36)(H,30,31,32)/t22-/m1/s1. The number of hydrogen-bond donors (Lipinski definition) is 2. The Morgan fingerprint density at radius 3 is 2.77 bits per heavy atom. The highest BCUT2D eigenvalue weighted by atomic mass is 19.1. The summed E-state index contributed by atoms with van der Waals surface area (Å²) in [7, 11) is 5.02. The average molecular weight is 541 g/mol. The van der Waals surface area contributed by atoms with Gasteiger partial charge in [-0.05, 0) is 18.2 Å². The summed E-state index contributed by atoms with van der Waals surface area (Å²) in [6.45, 7) is 4.93. The van der Waals surface area contributed by atoms with Crippen molar-refractivity contribution < 1.29 is 27.9 Å². The Morgan fingerprint density at radius 1 is 1.23 bits per heavy atom. The lowest BCUT2D eigenvalue weighted by Gasteiger charge is -2.25. The number of anilines is 5. The van der Waals surface area contributed by atoms with Gasteiger partial charge in [0, 0.05) is 50.9 Å². The molecule has 2 heterocycles. The van der Waals surface area contributed by atoms with Crippen LogP contribution in [0.5, 0.6) is 5.75 Å². The number of rotatable bonds is 11. The number of nitrogens with one attached hydrogen (secondary N) is 2. The first-order valence-electron chi connectivity index (χ1n) is 12.2. The minimum atomic E-state index is -0.655. The van der Waals surface area contributed by atoms with E-state index in [-0.39, 0.29) is 5.91 Å². The highest BCUT2D eigenvalue weighted by Gasteiger charge is 2.31. The molecule has 1 aliphatic rings. The van der Waals surface area contributed by atoms with E-state index in [1.54, 1.807) is 25.3 Å². The van der Waals surface area contributed by atoms with Gasteiger partial charge in [0.25, 0.3) is 0 Å². The second-order valence-electron chi connectivity index (χ2n) is 8.69. The van der Waals surface area contributed by atoms with Crippen molar-refractivity contribution >= 4 is 34.6 Å². The molecule has 1 amide bonds. The Balaban J connectivity index is 1.65. The van der Waals surface area contributed by atoms with Crippen LogP contribution in [-0.2, 0) is 14.4 Å². The fourth-order valence-corrected chi connectivity index (χ4v) is 4.21. The average Bonchev–Trinajstić information content (AvgIpc) is 3.41. The van der Waals surface area contributed by atoms with E-state index in [2.05, 4.69) is 27.2 Å². The SMILES string of the molecule is C=CC(=O)Nc1cc(Nc2cc(N3OCC[C@@H]3c3ccc(F)cc3F)ncn2)c(OC)cc1N(C)CCOC. The number of benzene rings is 2. The van der Waals surface area contributed by atoms with Crippen LogP contribution < -0.4 is 25.3 Å².